The Morgan fingerprint density at radius 2 is 1.83 bits per heavy atom. The first-order valence-electron chi connectivity index (χ1n) is 6.05. The fourth-order valence-corrected chi connectivity index (χ4v) is 2.65. The van der Waals surface area contributed by atoms with E-state index in [4.69, 9.17) is 0 Å². The maximum atomic E-state index is 11.9. The van der Waals surface area contributed by atoms with Gasteiger partial charge < -0.3 is 0 Å². The highest BCUT2D eigenvalue weighted by Gasteiger charge is 2.13. The molecule has 0 saturated carbocycles. The van der Waals surface area contributed by atoms with E-state index in [9.17, 15) is 8.42 Å². The first kappa shape index (κ1) is 13.0. The van der Waals surface area contributed by atoms with Crippen LogP contribution in [0.3, 0.4) is 0 Å². The first-order valence-corrected chi connectivity index (χ1v) is 7.53. The van der Waals surface area contributed by atoms with Crippen LogP contribution in [0.25, 0.3) is 0 Å². The summed E-state index contributed by atoms with van der Waals surface area (Å²) < 4.78 is 23.9. The molecular formula is C12H17N3O2S. The van der Waals surface area contributed by atoms with Gasteiger partial charge in [-0.3, -0.25) is 10.4 Å². The van der Waals surface area contributed by atoms with Gasteiger partial charge in [-0.25, -0.2) is 8.42 Å². The van der Waals surface area contributed by atoms with Gasteiger partial charge in [0.25, 0.3) is 10.0 Å². The number of nitrogens with one attached hydrogen (secondary N) is 2. The van der Waals surface area contributed by atoms with E-state index in [2.05, 4.69) is 15.2 Å². The van der Waals surface area contributed by atoms with Crippen molar-refractivity contribution in [2.75, 3.05) is 6.54 Å². The second-order valence-corrected chi connectivity index (χ2v) is 5.87. The van der Waals surface area contributed by atoms with Crippen molar-refractivity contribution in [2.45, 2.75) is 30.6 Å². The molecule has 2 rings (SSSR count). The Morgan fingerprint density at radius 1 is 1.06 bits per heavy atom. The summed E-state index contributed by atoms with van der Waals surface area (Å²) >= 11 is 0. The topological polar surface area (TPSA) is 70.6 Å². The molecule has 1 aliphatic heterocycles. The predicted molar refractivity (Wildman–Crippen MR) is 70.7 cm³/mol. The second kappa shape index (κ2) is 5.97. The molecule has 6 heteroatoms. The van der Waals surface area contributed by atoms with Crippen LogP contribution in [-0.4, -0.2) is 20.8 Å². The molecular weight excluding hydrogens is 250 g/mol. The summed E-state index contributed by atoms with van der Waals surface area (Å²) in [5.74, 6) is 0.715. The van der Waals surface area contributed by atoms with Crippen LogP contribution < -0.4 is 10.3 Å². The molecule has 0 amide bonds. The van der Waals surface area contributed by atoms with Crippen LogP contribution in [0, 0.1) is 0 Å². The lowest BCUT2D eigenvalue weighted by Gasteiger charge is -2.10. The van der Waals surface area contributed by atoms with Gasteiger partial charge in [-0.15, -0.1) is 4.83 Å². The minimum Gasteiger partial charge on any atom is -0.296 e. The molecule has 0 unspecified atom stereocenters. The smallest absolute Gasteiger partial charge is 0.257 e. The van der Waals surface area contributed by atoms with Crippen molar-refractivity contribution in [3.8, 4) is 0 Å². The number of hydrazine groups is 1. The zero-order chi connectivity index (χ0) is 12.8. The molecule has 0 atom stereocenters. The molecule has 0 fully saturated rings. The molecule has 0 aromatic heterocycles. The highest BCUT2D eigenvalue weighted by atomic mass is 32.2. The molecule has 1 aromatic rings. The number of sulfonamides is 1. The maximum Gasteiger partial charge on any atom is 0.257 e. The van der Waals surface area contributed by atoms with E-state index in [-0.39, 0.29) is 4.90 Å². The van der Waals surface area contributed by atoms with Crippen molar-refractivity contribution in [2.24, 2.45) is 4.99 Å². The van der Waals surface area contributed by atoms with Crippen LogP contribution in [0.5, 0.6) is 0 Å². The molecule has 0 bridgehead atoms. The van der Waals surface area contributed by atoms with Gasteiger partial charge in [-0.1, -0.05) is 24.6 Å². The Morgan fingerprint density at radius 3 is 2.61 bits per heavy atom. The Hall–Kier alpha value is -1.40. The lowest BCUT2D eigenvalue weighted by atomic mass is 10.2. The van der Waals surface area contributed by atoms with Crippen LogP contribution in [0.15, 0.2) is 40.2 Å². The van der Waals surface area contributed by atoms with Gasteiger partial charge in [-0.05, 0) is 25.0 Å². The largest absolute Gasteiger partial charge is 0.296 e. The normalized spacial score (nSPS) is 16.8. The van der Waals surface area contributed by atoms with Crippen molar-refractivity contribution >= 4 is 15.9 Å². The van der Waals surface area contributed by atoms with E-state index in [0.717, 1.165) is 32.2 Å². The summed E-state index contributed by atoms with van der Waals surface area (Å²) in [5.41, 5.74) is 2.71. The van der Waals surface area contributed by atoms with Gasteiger partial charge in [0.2, 0.25) is 0 Å². The van der Waals surface area contributed by atoms with Crippen LogP contribution in [0.2, 0.25) is 0 Å². The number of aliphatic imine (C=N–C) groups is 1. The fourth-order valence-electron chi connectivity index (χ4n) is 1.76. The molecule has 5 nitrogen and oxygen atoms in total. The molecule has 98 valence electrons. The van der Waals surface area contributed by atoms with Crippen molar-refractivity contribution in [1.82, 2.24) is 10.3 Å². The summed E-state index contributed by atoms with van der Waals surface area (Å²) in [6.07, 6.45) is 4.03. The monoisotopic (exact) mass is 267 g/mol. The number of benzene rings is 1. The molecule has 2 N–H and O–H groups in total. The SMILES string of the molecule is O=S(=O)(NNC1=NCCCCC1)c1ccccc1. The van der Waals surface area contributed by atoms with Gasteiger partial charge in [0, 0.05) is 13.0 Å². The summed E-state index contributed by atoms with van der Waals surface area (Å²) in [6, 6.07) is 8.27. The zero-order valence-electron chi connectivity index (χ0n) is 10.1. The van der Waals surface area contributed by atoms with Gasteiger partial charge >= 0.3 is 0 Å². The van der Waals surface area contributed by atoms with E-state index >= 15 is 0 Å². The Bertz CT molecular complexity index is 511. The Labute approximate surface area is 107 Å². The van der Waals surface area contributed by atoms with Crippen LogP contribution in [0.4, 0.5) is 0 Å². The number of rotatable bonds is 3. The lowest BCUT2D eigenvalue weighted by molar-refractivity contribution is 0.576. The minimum atomic E-state index is -3.51. The maximum absolute atomic E-state index is 11.9. The first-order chi connectivity index (χ1) is 8.68. The molecule has 1 heterocycles. The second-order valence-electron chi connectivity index (χ2n) is 4.18. The average molecular weight is 267 g/mol. The third-order valence-corrected chi connectivity index (χ3v) is 4.02. The molecule has 0 saturated heterocycles. The molecule has 1 aromatic carbocycles. The molecule has 0 radical (unpaired) electrons. The van der Waals surface area contributed by atoms with Gasteiger partial charge in [0.15, 0.2) is 0 Å². The quantitative estimate of drug-likeness (QED) is 0.814. The minimum absolute atomic E-state index is 0.242. The van der Waals surface area contributed by atoms with Crippen molar-refractivity contribution < 1.29 is 8.42 Å². The molecule has 0 aliphatic carbocycles. The van der Waals surface area contributed by atoms with Gasteiger partial charge in [0.05, 0.1) is 4.90 Å². The predicted octanol–water partition coefficient (Wildman–Crippen LogP) is 1.44. The standard InChI is InChI=1S/C12H17N3O2S/c16-18(17,11-7-3-1-4-8-11)15-14-12-9-5-2-6-10-13-12/h1,3-4,7-8,15H,2,5-6,9-10H2,(H,13,14). The molecule has 0 spiro atoms. The summed E-state index contributed by atoms with van der Waals surface area (Å²) in [4.78, 5) is 6.91. The number of nitrogens with zero attached hydrogens (tertiary/aromatic N) is 1. The van der Waals surface area contributed by atoms with E-state index in [0.29, 0.717) is 5.84 Å². The zero-order valence-corrected chi connectivity index (χ0v) is 10.9. The number of amidine groups is 1. The van der Waals surface area contributed by atoms with E-state index in [1.165, 1.54) is 0 Å². The van der Waals surface area contributed by atoms with Crippen molar-refractivity contribution in [1.29, 1.82) is 0 Å². The van der Waals surface area contributed by atoms with Crippen LogP contribution in [0.1, 0.15) is 25.7 Å². The van der Waals surface area contributed by atoms with Gasteiger partial charge in [0.1, 0.15) is 5.84 Å². The molecule has 18 heavy (non-hydrogen) atoms. The molecule has 1 aliphatic rings. The fraction of sp³-hybridized carbons (Fsp3) is 0.417. The summed E-state index contributed by atoms with van der Waals surface area (Å²) in [7, 11) is -3.51. The van der Waals surface area contributed by atoms with E-state index < -0.39 is 10.0 Å². The average Bonchev–Trinajstić information content (AvgIpc) is 2.66. The summed E-state index contributed by atoms with van der Waals surface area (Å²) in [6.45, 7) is 0.759. The highest BCUT2D eigenvalue weighted by molar-refractivity contribution is 7.89. The Balaban J connectivity index is 1.99. The van der Waals surface area contributed by atoms with Crippen LogP contribution in [-0.2, 0) is 10.0 Å². The highest BCUT2D eigenvalue weighted by Crippen LogP contribution is 2.08. The van der Waals surface area contributed by atoms with Gasteiger partial charge in [-0.2, -0.15) is 0 Å². The lowest BCUT2D eigenvalue weighted by Crippen LogP contribution is -2.41. The van der Waals surface area contributed by atoms with E-state index in [1.54, 1.807) is 30.3 Å². The number of hydrogen-bond acceptors (Lipinski definition) is 4. The Kier molecular flexibility index (Phi) is 4.33. The number of hydrogen-bond donors (Lipinski definition) is 2. The van der Waals surface area contributed by atoms with Crippen molar-refractivity contribution in [3.63, 3.8) is 0 Å². The van der Waals surface area contributed by atoms with Crippen LogP contribution >= 0.6 is 0 Å². The summed E-state index contributed by atoms with van der Waals surface area (Å²) in [5, 5.41) is 0. The third-order valence-electron chi connectivity index (χ3n) is 2.76. The third kappa shape index (κ3) is 3.54. The van der Waals surface area contributed by atoms with E-state index in [1.807, 2.05) is 0 Å². The van der Waals surface area contributed by atoms with Crippen molar-refractivity contribution in [3.05, 3.63) is 30.3 Å².